The van der Waals surface area contributed by atoms with Gasteiger partial charge < -0.3 is 4.90 Å². The Bertz CT molecular complexity index is 1190. The fourth-order valence-electron chi connectivity index (χ4n) is 4.93. The van der Waals surface area contributed by atoms with Crippen molar-refractivity contribution in [3.8, 4) is 0 Å². The van der Waals surface area contributed by atoms with Crippen LogP contribution in [0, 0.1) is 11.8 Å². The van der Waals surface area contributed by atoms with Crippen molar-refractivity contribution < 1.29 is 14.4 Å². The average molecular weight is 523 g/mol. The smallest absolute Gasteiger partial charge is 0.236 e. The van der Waals surface area contributed by atoms with E-state index in [0.717, 1.165) is 0 Å². The van der Waals surface area contributed by atoms with E-state index in [9.17, 15) is 14.4 Å². The summed E-state index contributed by atoms with van der Waals surface area (Å²) < 4.78 is 0. The number of amides is 1. The highest BCUT2D eigenvalue weighted by atomic mass is 35.5. The predicted molar refractivity (Wildman–Crippen MR) is 143 cm³/mol. The van der Waals surface area contributed by atoms with Gasteiger partial charge in [-0.15, -0.1) is 0 Å². The lowest BCUT2D eigenvalue weighted by Crippen LogP contribution is -2.52. The van der Waals surface area contributed by atoms with E-state index in [2.05, 4.69) is 0 Å². The van der Waals surface area contributed by atoms with Crippen molar-refractivity contribution in [3.05, 3.63) is 106 Å². The molecule has 1 fully saturated rings. The molecule has 2 unspecified atom stereocenters. The molecule has 1 heterocycles. The monoisotopic (exact) mass is 522 g/mol. The van der Waals surface area contributed by atoms with Crippen LogP contribution in [0.5, 0.6) is 0 Å². The van der Waals surface area contributed by atoms with Gasteiger partial charge >= 0.3 is 0 Å². The molecular weight excluding hydrogens is 495 g/mol. The van der Waals surface area contributed by atoms with Gasteiger partial charge in [-0.1, -0.05) is 83.9 Å². The Morgan fingerprint density at radius 3 is 1.78 bits per heavy atom. The molecule has 1 amide bonds. The molecule has 4 rings (SSSR count). The molecule has 0 spiro atoms. The zero-order chi connectivity index (χ0) is 25.8. The van der Waals surface area contributed by atoms with Gasteiger partial charge in [0.05, 0.1) is 6.54 Å². The zero-order valence-corrected chi connectivity index (χ0v) is 21.7. The third-order valence-electron chi connectivity index (χ3n) is 6.74. The second-order valence-electron chi connectivity index (χ2n) is 9.35. The van der Waals surface area contributed by atoms with E-state index in [4.69, 9.17) is 23.2 Å². The topological polar surface area (TPSA) is 57.7 Å². The number of piperidine rings is 1. The maximum atomic E-state index is 13.9. The van der Waals surface area contributed by atoms with Crippen molar-refractivity contribution in [1.82, 2.24) is 9.80 Å². The number of nitrogens with zero attached hydrogens (tertiary/aromatic N) is 2. The number of ketones is 2. The number of likely N-dealkylation sites (tertiary alicyclic amines) is 1. The van der Waals surface area contributed by atoms with Crippen LogP contribution < -0.4 is 0 Å². The molecule has 3 aromatic rings. The Kier molecular flexibility index (Phi) is 8.24. The number of benzene rings is 3. The summed E-state index contributed by atoms with van der Waals surface area (Å²) in [5, 5.41) is 0.940. The Morgan fingerprint density at radius 2 is 1.31 bits per heavy atom. The summed E-state index contributed by atoms with van der Waals surface area (Å²) in [4.78, 5) is 43.9. The quantitative estimate of drug-likeness (QED) is 0.385. The largest absolute Gasteiger partial charge is 0.348 e. The first-order valence-corrected chi connectivity index (χ1v) is 12.6. The molecule has 5 nitrogen and oxygen atoms in total. The van der Waals surface area contributed by atoms with E-state index < -0.39 is 17.8 Å². The molecular formula is C29H28Cl2N2O3. The zero-order valence-electron chi connectivity index (χ0n) is 20.2. The number of hydrogen-bond acceptors (Lipinski definition) is 4. The molecule has 7 heteroatoms. The molecule has 0 aromatic heterocycles. The van der Waals surface area contributed by atoms with Crippen LogP contribution >= 0.6 is 23.2 Å². The number of Topliss-reactive ketones (excluding diaryl/α,β-unsaturated/α-hetero) is 2. The molecule has 0 saturated carbocycles. The Balaban J connectivity index is 1.84. The third kappa shape index (κ3) is 5.70. The Morgan fingerprint density at radius 1 is 0.806 bits per heavy atom. The maximum Gasteiger partial charge on any atom is 0.236 e. The average Bonchev–Trinajstić information content (AvgIpc) is 2.89. The highest BCUT2D eigenvalue weighted by Crippen LogP contribution is 2.44. The summed E-state index contributed by atoms with van der Waals surface area (Å²) in [6, 6.07) is 23.2. The van der Waals surface area contributed by atoms with E-state index in [0.29, 0.717) is 39.8 Å². The van der Waals surface area contributed by atoms with Gasteiger partial charge in [0.25, 0.3) is 0 Å². The van der Waals surface area contributed by atoms with E-state index in [1.165, 1.54) is 4.90 Å². The number of hydrogen-bond donors (Lipinski definition) is 0. The van der Waals surface area contributed by atoms with Crippen LogP contribution in [0.1, 0.15) is 32.2 Å². The fourth-order valence-corrected chi connectivity index (χ4v) is 5.35. The van der Waals surface area contributed by atoms with E-state index in [1.807, 2.05) is 41.3 Å². The van der Waals surface area contributed by atoms with E-state index in [1.54, 1.807) is 56.6 Å². The van der Waals surface area contributed by atoms with Crippen LogP contribution in [-0.2, 0) is 4.79 Å². The van der Waals surface area contributed by atoms with Gasteiger partial charge in [-0.25, -0.2) is 0 Å². The van der Waals surface area contributed by atoms with Crippen LogP contribution in [0.25, 0.3) is 0 Å². The summed E-state index contributed by atoms with van der Waals surface area (Å²) in [7, 11) is 3.39. The molecule has 1 aliphatic heterocycles. The lowest BCUT2D eigenvalue weighted by Gasteiger charge is -2.43. The molecule has 0 aliphatic carbocycles. The first kappa shape index (κ1) is 26.1. The number of halogens is 2. The van der Waals surface area contributed by atoms with Crippen molar-refractivity contribution in [3.63, 3.8) is 0 Å². The molecule has 3 aromatic carbocycles. The molecule has 1 aliphatic rings. The first-order chi connectivity index (χ1) is 17.3. The number of carbonyl (C=O) groups excluding carboxylic acids is 3. The number of carbonyl (C=O) groups is 3. The number of likely N-dealkylation sites (N-methyl/N-ethyl adjacent to an activating group) is 1. The van der Waals surface area contributed by atoms with Crippen LogP contribution in [-0.4, -0.2) is 61.0 Å². The second-order valence-corrected chi connectivity index (χ2v) is 10.2. The molecule has 1 saturated heterocycles. The number of rotatable bonds is 7. The maximum absolute atomic E-state index is 13.9. The standard InChI is InChI=1S/C29H28Cl2N2O3/c1-32(2)26(34)18-33-16-23(28(35)19-9-5-3-6-10-19)27(22-15-21(30)13-14-25(22)31)24(17-33)29(36)20-11-7-4-8-12-20/h3-15,23-24,27H,16-18H2,1-2H3. The molecule has 186 valence electrons. The highest BCUT2D eigenvalue weighted by Gasteiger charge is 2.46. The van der Waals surface area contributed by atoms with Gasteiger partial charge in [-0.3, -0.25) is 19.3 Å². The summed E-state index contributed by atoms with van der Waals surface area (Å²) in [5.74, 6) is -2.00. The lowest BCUT2D eigenvalue weighted by atomic mass is 9.68. The summed E-state index contributed by atoms with van der Waals surface area (Å²) in [6.45, 7) is 0.749. The first-order valence-electron chi connectivity index (χ1n) is 11.8. The Labute approximate surface area is 221 Å². The van der Waals surface area contributed by atoms with Crippen molar-refractivity contribution >= 4 is 40.7 Å². The minimum absolute atomic E-state index is 0.0916. The minimum Gasteiger partial charge on any atom is -0.348 e. The normalized spacial score (nSPS) is 20.1. The molecule has 36 heavy (non-hydrogen) atoms. The third-order valence-corrected chi connectivity index (χ3v) is 7.32. The molecule has 2 atom stereocenters. The van der Waals surface area contributed by atoms with Crippen LogP contribution in [0.15, 0.2) is 78.9 Å². The fraction of sp³-hybridized carbons (Fsp3) is 0.276. The van der Waals surface area contributed by atoms with Gasteiger partial charge in [0.15, 0.2) is 11.6 Å². The molecule has 0 N–H and O–H groups in total. The van der Waals surface area contributed by atoms with Crippen molar-refractivity contribution in [2.24, 2.45) is 11.8 Å². The van der Waals surface area contributed by atoms with Gasteiger partial charge in [0, 0.05) is 66.1 Å². The minimum atomic E-state index is -0.607. The second kappa shape index (κ2) is 11.4. The van der Waals surface area contributed by atoms with E-state index in [-0.39, 0.29) is 24.0 Å². The van der Waals surface area contributed by atoms with Crippen molar-refractivity contribution in [2.75, 3.05) is 33.7 Å². The SMILES string of the molecule is CN(C)C(=O)CN1CC(C(=O)c2ccccc2)C(c2cc(Cl)ccc2Cl)C(C(=O)c2ccccc2)C1. The Hall–Kier alpha value is -2.99. The van der Waals surface area contributed by atoms with Crippen LogP contribution in [0.3, 0.4) is 0 Å². The van der Waals surface area contributed by atoms with Crippen molar-refractivity contribution in [1.29, 1.82) is 0 Å². The van der Waals surface area contributed by atoms with Gasteiger partial charge in [0.1, 0.15) is 0 Å². The van der Waals surface area contributed by atoms with E-state index >= 15 is 0 Å². The lowest BCUT2D eigenvalue weighted by molar-refractivity contribution is -0.130. The predicted octanol–water partition coefficient (Wildman–Crippen LogP) is 5.48. The summed E-state index contributed by atoms with van der Waals surface area (Å²) in [5.41, 5.74) is 1.78. The van der Waals surface area contributed by atoms with Crippen LogP contribution in [0.2, 0.25) is 10.0 Å². The molecule has 0 radical (unpaired) electrons. The molecule has 0 bridgehead atoms. The van der Waals surface area contributed by atoms with Gasteiger partial charge in [0.2, 0.25) is 5.91 Å². The summed E-state index contributed by atoms with van der Waals surface area (Å²) in [6.07, 6.45) is 0. The van der Waals surface area contributed by atoms with Gasteiger partial charge in [-0.2, -0.15) is 0 Å². The highest BCUT2D eigenvalue weighted by molar-refractivity contribution is 6.33. The van der Waals surface area contributed by atoms with Gasteiger partial charge in [-0.05, 0) is 23.8 Å². The van der Waals surface area contributed by atoms with Crippen LogP contribution in [0.4, 0.5) is 0 Å². The van der Waals surface area contributed by atoms with Crippen molar-refractivity contribution in [2.45, 2.75) is 5.92 Å². The summed E-state index contributed by atoms with van der Waals surface area (Å²) >= 11 is 13.0.